The molecule has 0 aliphatic carbocycles. The van der Waals surface area contributed by atoms with Crippen LogP contribution in [0.5, 0.6) is 0 Å². The van der Waals surface area contributed by atoms with Gasteiger partial charge in [0.25, 0.3) is 0 Å². The number of nitrogens with zero attached hydrogens (tertiary/aromatic N) is 4. The number of hydrogen-bond acceptors (Lipinski definition) is 4. The third-order valence-corrected chi connectivity index (χ3v) is 4.87. The van der Waals surface area contributed by atoms with Crippen molar-refractivity contribution in [2.75, 3.05) is 33.8 Å². The van der Waals surface area contributed by atoms with Crippen LogP contribution in [-0.4, -0.2) is 71.1 Å². The average Bonchev–Trinajstić information content (AvgIpc) is 2.97. The zero-order chi connectivity index (χ0) is 17.7. The van der Waals surface area contributed by atoms with Crippen LogP contribution in [-0.2, 0) is 20.9 Å². The Labute approximate surface area is 143 Å². The molecule has 7 nitrogen and oxygen atoms in total. The number of carbonyl (C=O) groups excluding carboxylic acids is 2. The summed E-state index contributed by atoms with van der Waals surface area (Å²) in [5, 5.41) is 0. The Kier molecular flexibility index (Phi) is 6.36. The van der Waals surface area contributed by atoms with Gasteiger partial charge in [-0.05, 0) is 13.3 Å². The fourth-order valence-electron chi connectivity index (χ4n) is 3.21. The summed E-state index contributed by atoms with van der Waals surface area (Å²) in [5.74, 6) is 1.15. The number of aryl methyl sites for hydroxylation is 1. The minimum Gasteiger partial charge on any atom is -0.381 e. The molecule has 2 rings (SSSR count). The minimum absolute atomic E-state index is 0.0360. The maximum Gasteiger partial charge on any atom is 0.222 e. The Morgan fingerprint density at radius 2 is 2.21 bits per heavy atom. The first kappa shape index (κ1) is 18.4. The van der Waals surface area contributed by atoms with Crippen molar-refractivity contribution in [2.45, 2.75) is 39.3 Å². The van der Waals surface area contributed by atoms with Gasteiger partial charge >= 0.3 is 0 Å². The molecule has 0 N–H and O–H groups in total. The molecule has 1 aromatic heterocycles. The van der Waals surface area contributed by atoms with Gasteiger partial charge in [-0.3, -0.25) is 9.59 Å². The van der Waals surface area contributed by atoms with Gasteiger partial charge in [-0.15, -0.1) is 0 Å². The molecule has 7 heteroatoms. The highest BCUT2D eigenvalue weighted by atomic mass is 16.5. The van der Waals surface area contributed by atoms with E-state index in [9.17, 15) is 9.59 Å². The van der Waals surface area contributed by atoms with Gasteiger partial charge in [0.05, 0.1) is 6.10 Å². The number of piperidine rings is 1. The SMILES string of the molecule is CO[C@@H]1CCN(C(C)=O)C[C@H]1CC(=O)N(C)CCn1ccnc1C. The molecule has 24 heavy (non-hydrogen) atoms. The molecule has 134 valence electrons. The molecule has 0 bridgehead atoms. The zero-order valence-electron chi connectivity index (χ0n) is 15.1. The molecule has 1 saturated heterocycles. The van der Waals surface area contributed by atoms with E-state index in [4.69, 9.17) is 4.74 Å². The van der Waals surface area contributed by atoms with Crippen LogP contribution in [0.2, 0.25) is 0 Å². The topological polar surface area (TPSA) is 67.7 Å². The number of ether oxygens (including phenoxy) is 1. The van der Waals surface area contributed by atoms with Gasteiger partial charge < -0.3 is 19.1 Å². The van der Waals surface area contributed by atoms with Crippen molar-refractivity contribution in [1.82, 2.24) is 19.4 Å². The number of aromatic nitrogens is 2. The Balaban J connectivity index is 1.88. The Morgan fingerprint density at radius 3 is 2.79 bits per heavy atom. The van der Waals surface area contributed by atoms with Gasteiger partial charge in [0.15, 0.2) is 0 Å². The number of methoxy groups -OCH3 is 1. The second kappa shape index (κ2) is 8.28. The molecule has 2 heterocycles. The normalized spacial score (nSPS) is 20.9. The summed E-state index contributed by atoms with van der Waals surface area (Å²) in [5.41, 5.74) is 0. The predicted octanol–water partition coefficient (Wildman–Crippen LogP) is 0.923. The van der Waals surface area contributed by atoms with E-state index < -0.39 is 0 Å². The molecule has 1 aromatic rings. The van der Waals surface area contributed by atoms with E-state index in [-0.39, 0.29) is 23.8 Å². The van der Waals surface area contributed by atoms with Crippen molar-refractivity contribution >= 4 is 11.8 Å². The monoisotopic (exact) mass is 336 g/mol. The van der Waals surface area contributed by atoms with E-state index in [0.717, 1.165) is 18.8 Å². The van der Waals surface area contributed by atoms with Gasteiger partial charge in [0, 0.05) is 72.0 Å². The third-order valence-electron chi connectivity index (χ3n) is 4.87. The van der Waals surface area contributed by atoms with Crippen LogP contribution in [0.3, 0.4) is 0 Å². The molecule has 1 aliphatic heterocycles. The lowest BCUT2D eigenvalue weighted by Crippen LogP contribution is -2.47. The number of hydrogen-bond donors (Lipinski definition) is 0. The highest BCUT2D eigenvalue weighted by Crippen LogP contribution is 2.23. The fraction of sp³-hybridized carbons (Fsp3) is 0.706. The summed E-state index contributed by atoms with van der Waals surface area (Å²) in [7, 11) is 3.50. The van der Waals surface area contributed by atoms with Gasteiger partial charge in [0.2, 0.25) is 11.8 Å². The Morgan fingerprint density at radius 1 is 1.46 bits per heavy atom. The summed E-state index contributed by atoms with van der Waals surface area (Å²) in [6, 6.07) is 0. The van der Waals surface area contributed by atoms with E-state index in [1.54, 1.807) is 25.1 Å². The molecule has 1 fully saturated rings. The van der Waals surface area contributed by atoms with Gasteiger partial charge in [-0.25, -0.2) is 4.98 Å². The second-order valence-corrected chi connectivity index (χ2v) is 6.48. The summed E-state index contributed by atoms with van der Waals surface area (Å²) in [4.78, 5) is 31.9. The summed E-state index contributed by atoms with van der Waals surface area (Å²) in [6.45, 7) is 6.18. The summed E-state index contributed by atoms with van der Waals surface area (Å²) in [6.07, 6.45) is 4.90. The van der Waals surface area contributed by atoms with Gasteiger partial charge in [-0.1, -0.05) is 0 Å². The molecular formula is C17H28N4O3. The van der Waals surface area contributed by atoms with Crippen molar-refractivity contribution in [3.05, 3.63) is 18.2 Å². The highest BCUT2D eigenvalue weighted by molar-refractivity contribution is 5.77. The van der Waals surface area contributed by atoms with E-state index in [1.807, 2.05) is 29.6 Å². The van der Waals surface area contributed by atoms with E-state index in [2.05, 4.69) is 4.98 Å². The minimum atomic E-state index is 0.0360. The van der Waals surface area contributed by atoms with Crippen molar-refractivity contribution in [2.24, 2.45) is 5.92 Å². The first-order chi connectivity index (χ1) is 11.4. The number of rotatable bonds is 6. The molecule has 0 radical (unpaired) electrons. The number of likely N-dealkylation sites (N-methyl/N-ethyl adjacent to an activating group) is 1. The number of amides is 2. The maximum atomic E-state index is 12.5. The standard InChI is InChI=1S/C17H28N4O3/c1-13-18-6-8-20(13)10-9-19(3)17(23)11-15-12-21(14(2)22)7-5-16(15)24-4/h6,8,15-16H,5,7,9-12H2,1-4H3/t15-,16-/m1/s1. The van der Waals surface area contributed by atoms with Crippen LogP contribution in [0.25, 0.3) is 0 Å². The smallest absolute Gasteiger partial charge is 0.222 e. The molecule has 0 unspecified atom stereocenters. The van der Waals surface area contributed by atoms with Gasteiger partial charge in [-0.2, -0.15) is 0 Å². The Hall–Kier alpha value is -1.89. The largest absolute Gasteiger partial charge is 0.381 e. The van der Waals surface area contributed by atoms with Crippen LogP contribution in [0, 0.1) is 12.8 Å². The molecule has 2 atom stereocenters. The van der Waals surface area contributed by atoms with Crippen LogP contribution >= 0.6 is 0 Å². The van der Waals surface area contributed by atoms with Crippen LogP contribution in [0.15, 0.2) is 12.4 Å². The third kappa shape index (κ3) is 4.56. The molecule has 0 spiro atoms. The van der Waals surface area contributed by atoms with Crippen molar-refractivity contribution < 1.29 is 14.3 Å². The van der Waals surface area contributed by atoms with Crippen LogP contribution in [0.1, 0.15) is 25.6 Å². The number of imidazole rings is 1. The second-order valence-electron chi connectivity index (χ2n) is 6.48. The number of carbonyl (C=O) groups is 2. The van der Waals surface area contributed by atoms with Crippen LogP contribution in [0.4, 0.5) is 0 Å². The molecule has 0 aromatic carbocycles. The van der Waals surface area contributed by atoms with Crippen molar-refractivity contribution in [3.63, 3.8) is 0 Å². The van der Waals surface area contributed by atoms with Crippen LogP contribution < -0.4 is 0 Å². The van der Waals surface area contributed by atoms with E-state index in [0.29, 0.717) is 26.1 Å². The van der Waals surface area contributed by atoms with E-state index in [1.165, 1.54) is 0 Å². The molecular weight excluding hydrogens is 308 g/mol. The summed E-state index contributed by atoms with van der Waals surface area (Å²) >= 11 is 0. The first-order valence-electron chi connectivity index (χ1n) is 8.42. The molecule has 0 saturated carbocycles. The maximum absolute atomic E-state index is 12.5. The summed E-state index contributed by atoms with van der Waals surface area (Å²) < 4.78 is 7.55. The van der Waals surface area contributed by atoms with E-state index >= 15 is 0 Å². The first-order valence-corrected chi connectivity index (χ1v) is 8.42. The Bertz CT molecular complexity index is 572. The predicted molar refractivity (Wildman–Crippen MR) is 90.4 cm³/mol. The average molecular weight is 336 g/mol. The lowest BCUT2D eigenvalue weighted by atomic mass is 9.91. The number of likely N-dealkylation sites (tertiary alicyclic amines) is 1. The quantitative estimate of drug-likeness (QED) is 0.775. The lowest BCUT2D eigenvalue weighted by molar-refractivity contribution is -0.138. The zero-order valence-corrected chi connectivity index (χ0v) is 15.1. The fourth-order valence-corrected chi connectivity index (χ4v) is 3.21. The van der Waals surface area contributed by atoms with Gasteiger partial charge in [0.1, 0.15) is 5.82 Å². The molecule has 2 amide bonds. The van der Waals surface area contributed by atoms with Crippen molar-refractivity contribution in [3.8, 4) is 0 Å². The molecule has 1 aliphatic rings. The highest BCUT2D eigenvalue weighted by Gasteiger charge is 2.32. The van der Waals surface area contributed by atoms with Crippen molar-refractivity contribution in [1.29, 1.82) is 0 Å². The lowest BCUT2D eigenvalue weighted by Gasteiger charge is -2.37.